The van der Waals surface area contributed by atoms with Crippen molar-refractivity contribution >= 4 is 17.4 Å². The molecule has 4 heterocycles. The van der Waals surface area contributed by atoms with Crippen LogP contribution >= 0.6 is 0 Å². The topological polar surface area (TPSA) is 101 Å². The summed E-state index contributed by atoms with van der Waals surface area (Å²) in [6.07, 6.45) is 2.71. The summed E-state index contributed by atoms with van der Waals surface area (Å²) in [6, 6.07) is 14.1. The van der Waals surface area contributed by atoms with Gasteiger partial charge < -0.3 is 11.1 Å². The molecule has 4 aromatic rings. The monoisotopic (exact) mass is 441 g/mol. The molecule has 1 atom stereocenters. The van der Waals surface area contributed by atoms with Gasteiger partial charge >= 0.3 is 0 Å². The number of hydrogen-bond acceptors (Lipinski definition) is 6. The maximum atomic E-state index is 11.9. The molecule has 0 saturated carbocycles. The molecule has 8 heteroatoms. The highest BCUT2D eigenvalue weighted by Crippen LogP contribution is 2.31. The van der Waals surface area contributed by atoms with Crippen LogP contribution in [0.4, 0.5) is 5.82 Å². The van der Waals surface area contributed by atoms with Gasteiger partial charge in [-0.3, -0.25) is 14.1 Å². The fraction of sp³-hybridized carbons (Fsp3) is 0.280. The summed E-state index contributed by atoms with van der Waals surface area (Å²) in [5.41, 5.74) is 11.3. The number of nitrogens with one attached hydrogen (secondary N) is 1. The molecule has 0 aliphatic carbocycles. The molecule has 1 aliphatic heterocycles. The van der Waals surface area contributed by atoms with Gasteiger partial charge in [-0.1, -0.05) is 30.3 Å². The van der Waals surface area contributed by atoms with Gasteiger partial charge in [-0.15, -0.1) is 0 Å². The van der Waals surface area contributed by atoms with Gasteiger partial charge in [0.1, 0.15) is 17.2 Å². The Balaban J connectivity index is 1.64. The van der Waals surface area contributed by atoms with Crippen molar-refractivity contribution in [1.82, 2.24) is 24.3 Å². The van der Waals surface area contributed by atoms with Gasteiger partial charge in [0.15, 0.2) is 5.82 Å². The lowest BCUT2D eigenvalue weighted by Gasteiger charge is -2.32. The predicted octanol–water partition coefficient (Wildman–Crippen LogP) is 3.19. The minimum Gasteiger partial charge on any atom is -0.366 e. The standard InChI is InChI=1S/C25H27N7O/c1-15-12-20-19(14-31(15)3)23(27-13-17-8-5-4-6-9-17)30-24(29-20)21-16(2)28-25-18(22(26)33)10-7-11-32(21)25/h4-11,15H,12-14H2,1-3H3,(H2,26,33)(H,27,29,30). The van der Waals surface area contributed by atoms with E-state index in [4.69, 9.17) is 15.7 Å². The van der Waals surface area contributed by atoms with Crippen molar-refractivity contribution < 1.29 is 4.79 Å². The summed E-state index contributed by atoms with van der Waals surface area (Å²) in [4.78, 5) is 28.8. The van der Waals surface area contributed by atoms with Crippen molar-refractivity contribution in [2.75, 3.05) is 12.4 Å². The van der Waals surface area contributed by atoms with Crippen LogP contribution in [-0.4, -0.2) is 43.2 Å². The van der Waals surface area contributed by atoms with E-state index in [2.05, 4.69) is 41.3 Å². The number of fused-ring (bicyclic) bond motifs is 2. The van der Waals surface area contributed by atoms with Crippen LogP contribution in [0.2, 0.25) is 0 Å². The van der Waals surface area contributed by atoms with Crippen molar-refractivity contribution in [3.8, 4) is 11.5 Å². The molecule has 33 heavy (non-hydrogen) atoms. The van der Waals surface area contributed by atoms with E-state index in [0.717, 1.165) is 41.4 Å². The summed E-state index contributed by atoms with van der Waals surface area (Å²) in [7, 11) is 2.13. The molecule has 3 aromatic heterocycles. The second-order valence-corrected chi connectivity index (χ2v) is 8.65. The van der Waals surface area contributed by atoms with Gasteiger partial charge in [0.25, 0.3) is 5.91 Å². The Kier molecular flexibility index (Phi) is 5.30. The van der Waals surface area contributed by atoms with Crippen molar-refractivity contribution in [3.05, 3.63) is 76.7 Å². The molecular formula is C25H27N7O. The molecule has 0 radical (unpaired) electrons. The normalized spacial score (nSPS) is 16.0. The van der Waals surface area contributed by atoms with Gasteiger partial charge in [0.2, 0.25) is 0 Å². The number of primary amides is 1. The Morgan fingerprint density at radius 2 is 1.94 bits per heavy atom. The largest absolute Gasteiger partial charge is 0.366 e. The zero-order chi connectivity index (χ0) is 23.1. The Hall–Kier alpha value is -3.78. The molecule has 0 bridgehead atoms. The first kappa shape index (κ1) is 21.1. The van der Waals surface area contributed by atoms with Crippen LogP contribution in [0.25, 0.3) is 17.2 Å². The van der Waals surface area contributed by atoms with E-state index in [9.17, 15) is 4.79 Å². The van der Waals surface area contributed by atoms with E-state index >= 15 is 0 Å². The smallest absolute Gasteiger partial charge is 0.252 e. The molecule has 1 aliphatic rings. The number of benzene rings is 1. The van der Waals surface area contributed by atoms with E-state index in [1.165, 1.54) is 5.56 Å². The number of amides is 1. The lowest BCUT2D eigenvalue weighted by Crippen LogP contribution is -2.36. The third-order valence-corrected chi connectivity index (χ3v) is 6.35. The quantitative estimate of drug-likeness (QED) is 0.493. The zero-order valence-corrected chi connectivity index (χ0v) is 19.0. The number of pyridine rings is 1. The van der Waals surface area contributed by atoms with Crippen LogP contribution in [0.5, 0.6) is 0 Å². The lowest BCUT2D eigenvalue weighted by atomic mass is 10.0. The fourth-order valence-electron chi connectivity index (χ4n) is 4.38. The first-order valence-electron chi connectivity index (χ1n) is 11.1. The number of nitrogens with two attached hydrogens (primary N) is 1. The maximum absolute atomic E-state index is 11.9. The average Bonchev–Trinajstić information content (AvgIpc) is 3.14. The number of carbonyl (C=O) groups excluding carboxylic acids is 1. The van der Waals surface area contributed by atoms with Gasteiger partial charge in [0.05, 0.1) is 17.0 Å². The molecule has 1 amide bonds. The number of aromatic nitrogens is 4. The van der Waals surface area contributed by atoms with Crippen LogP contribution < -0.4 is 11.1 Å². The van der Waals surface area contributed by atoms with Crippen molar-refractivity contribution in [2.45, 2.75) is 39.4 Å². The van der Waals surface area contributed by atoms with Crippen LogP contribution in [-0.2, 0) is 19.5 Å². The number of likely N-dealkylation sites (N-methyl/N-ethyl adjacent to an activating group) is 1. The molecule has 5 rings (SSSR count). The molecular weight excluding hydrogens is 414 g/mol. The highest BCUT2D eigenvalue weighted by Gasteiger charge is 2.27. The van der Waals surface area contributed by atoms with E-state index in [1.807, 2.05) is 35.7 Å². The Morgan fingerprint density at radius 1 is 1.15 bits per heavy atom. The van der Waals surface area contributed by atoms with Gasteiger partial charge in [0, 0.05) is 37.3 Å². The minimum atomic E-state index is -0.509. The van der Waals surface area contributed by atoms with Gasteiger partial charge in [-0.2, -0.15) is 0 Å². The highest BCUT2D eigenvalue weighted by molar-refractivity contribution is 5.99. The summed E-state index contributed by atoms with van der Waals surface area (Å²) in [6.45, 7) is 5.57. The molecule has 1 aromatic carbocycles. The van der Waals surface area contributed by atoms with E-state index < -0.39 is 5.91 Å². The zero-order valence-electron chi connectivity index (χ0n) is 19.0. The van der Waals surface area contributed by atoms with Crippen LogP contribution in [0, 0.1) is 6.92 Å². The minimum absolute atomic E-state index is 0.377. The average molecular weight is 442 g/mol. The van der Waals surface area contributed by atoms with Gasteiger partial charge in [-0.05, 0) is 38.6 Å². The van der Waals surface area contributed by atoms with E-state index in [0.29, 0.717) is 29.6 Å². The second kappa shape index (κ2) is 8.29. The number of hydrogen-bond donors (Lipinski definition) is 2. The van der Waals surface area contributed by atoms with E-state index in [1.54, 1.807) is 12.1 Å². The van der Waals surface area contributed by atoms with Crippen LogP contribution in [0.15, 0.2) is 48.7 Å². The summed E-state index contributed by atoms with van der Waals surface area (Å²) in [5.74, 6) is 0.913. The number of carbonyl (C=O) groups is 1. The Morgan fingerprint density at radius 3 is 2.70 bits per heavy atom. The summed E-state index contributed by atoms with van der Waals surface area (Å²) >= 11 is 0. The molecule has 8 nitrogen and oxygen atoms in total. The van der Waals surface area contributed by atoms with Crippen molar-refractivity contribution in [3.63, 3.8) is 0 Å². The first-order valence-corrected chi connectivity index (χ1v) is 11.1. The number of aryl methyl sites for hydroxylation is 1. The Labute approximate surface area is 192 Å². The molecule has 168 valence electrons. The van der Waals surface area contributed by atoms with Crippen LogP contribution in [0.1, 0.15) is 39.8 Å². The predicted molar refractivity (Wildman–Crippen MR) is 128 cm³/mol. The maximum Gasteiger partial charge on any atom is 0.252 e. The SMILES string of the molecule is Cc1nc2c(C(N)=O)cccn2c1-c1nc2c(c(NCc3ccccc3)n1)CN(C)C(C)C2. The molecule has 0 spiro atoms. The molecule has 0 saturated heterocycles. The van der Waals surface area contributed by atoms with Crippen LogP contribution in [0.3, 0.4) is 0 Å². The number of rotatable bonds is 5. The number of anilines is 1. The highest BCUT2D eigenvalue weighted by atomic mass is 16.1. The third kappa shape index (κ3) is 3.82. The fourth-order valence-corrected chi connectivity index (χ4v) is 4.38. The van der Waals surface area contributed by atoms with Crippen molar-refractivity contribution in [2.24, 2.45) is 5.73 Å². The van der Waals surface area contributed by atoms with Gasteiger partial charge in [-0.25, -0.2) is 15.0 Å². The second-order valence-electron chi connectivity index (χ2n) is 8.65. The number of nitrogens with zero attached hydrogens (tertiary/aromatic N) is 5. The summed E-state index contributed by atoms with van der Waals surface area (Å²) in [5, 5.41) is 3.54. The first-order chi connectivity index (χ1) is 15.9. The molecule has 1 unspecified atom stereocenters. The molecule has 3 N–H and O–H groups in total. The third-order valence-electron chi connectivity index (χ3n) is 6.35. The van der Waals surface area contributed by atoms with Crippen molar-refractivity contribution in [1.29, 1.82) is 0 Å². The number of imidazole rings is 1. The van der Waals surface area contributed by atoms with E-state index in [-0.39, 0.29) is 0 Å². The molecule has 0 fully saturated rings. The summed E-state index contributed by atoms with van der Waals surface area (Å²) < 4.78 is 1.86. The Bertz CT molecular complexity index is 1350. The lowest BCUT2D eigenvalue weighted by molar-refractivity contribution is 0.100.